The molecule has 0 saturated heterocycles. The first-order valence-corrected chi connectivity index (χ1v) is 11.6. The normalized spacial score (nSPS) is 10.9. The van der Waals surface area contributed by atoms with E-state index < -0.39 is 0 Å². The van der Waals surface area contributed by atoms with E-state index in [9.17, 15) is 4.79 Å². The third-order valence-electron chi connectivity index (χ3n) is 5.44. The Balaban J connectivity index is 1.29. The van der Waals surface area contributed by atoms with Crippen molar-refractivity contribution in [3.63, 3.8) is 0 Å². The lowest BCUT2D eigenvalue weighted by Crippen LogP contribution is -2.41. The molecule has 0 saturated carbocycles. The number of hydrogen-bond acceptors (Lipinski definition) is 5. The molecule has 0 aliphatic heterocycles. The quantitative estimate of drug-likeness (QED) is 0.345. The number of ether oxygens (including phenoxy) is 1. The molecule has 0 unspecified atom stereocenters. The van der Waals surface area contributed by atoms with E-state index in [1.165, 1.54) is 5.56 Å². The highest BCUT2D eigenvalue weighted by molar-refractivity contribution is 7.80. The van der Waals surface area contributed by atoms with Gasteiger partial charge >= 0.3 is 0 Å². The van der Waals surface area contributed by atoms with E-state index in [0.717, 1.165) is 27.8 Å². The van der Waals surface area contributed by atoms with Crippen LogP contribution in [0.3, 0.4) is 0 Å². The smallest absolute Gasteiger partial charge is 0.264 e. The second-order valence-corrected chi connectivity index (χ2v) is 8.79. The topological polar surface area (TPSA) is 76.4 Å². The SMILES string of the molecule is Cc1ccccc1OCC(=O)NC(=S)NCc1ccc(-c2nc3cc(C(C)C)ccc3o2)cc1. The Labute approximate surface area is 204 Å². The van der Waals surface area contributed by atoms with Gasteiger partial charge in [-0.3, -0.25) is 4.79 Å². The zero-order valence-electron chi connectivity index (χ0n) is 19.4. The van der Waals surface area contributed by atoms with Crippen molar-refractivity contribution in [2.45, 2.75) is 33.2 Å². The van der Waals surface area contributed by atoms with Crippen LogP contribution in [0.15, 0.2) is 71.1 Å². The summed E-state index contributed by atoms with van der Waals surface area (Å²) in [5.41, 5.74) is 5.75. The van der Waals surface area contributed by atoms with Gasteiger partial charge in [-0.2, -0.15) is 0 Å². The molecule has 6 nitrogen and oxygen atoms in total. The van der Waals surface area contributed by atoms with Gasteiger partial charge in [0.2, 0.25) is 5.89 Å². The molecule has 0 aliphatic rings. The molecule has 7 heteroatoms. The van der Waals surface area contributed by atoms with Gasteiger partial charge in [-0.05, 0) is 72.1 Å². The average Bonchev–Trinajstić information content (AvgIpc) is 3.26. The summed E-state index contributed by atoms with van der Waals surface area (Å²) in [5.74, 6) is 1.39. The fourth-order valence-electron chi connectivity index (χ4n) is 3.44. The van der Waals surface area contributed by atoms with Crippen molar-refractivity contribution >= 4 is 34.3 Å². The van der Waals surface area contributed by atoms with Crippen LogP contribution in [0.1, 0.15) is 36.5 Å². The van der Waals surface area contributed by atoms with Crippen molar-refractivity contribution in [1.29, 1.82) is 0 Å². The van der Waals surface area contributed by atoms with Crippen molar-refractivity contribution in [1.82, 2.24) is 15.6 Å². The van der Waals surface area contributed by atoms with E-state index in [0.29, 0.717) is 24.1 Å². The number of aryl methyl sites for hydroxylation is 1. The Morgan fingerprint density at radius 3 is 2.59 bits per heavy atom. The van der Waals surface area contributed by atoms with Gasteiger partial charge in [-0.15, -0.1) is 0 Å². The van der Waals surface area contributed by atoms with Crippen LogP contribution in [0.5, 0.6) is 5.75 Å². The van der Waals surface area contributed by atoms with Crippen molar-refractivity contribution in [2.75, 3.05) is 6.61 Å². The number of hydrogen-bond donors (Lipinski definition) is 2. The summed E-state index contributed by atoms with van der Waals surface area (Å²) in [7, 11) is 0. The lowest BCUT2D eigenvalue weighted by Gasteiger charge is -2.11. The van der Waals surface area contributed by atoms with E-state index in [1.807, 2.05) is 61.5 Å². The molecule has 34 heavy (non-hydrogen) atoms. The van der Waals surface area contributed by atoms with E-state index in [1.54, 1.807) is 0 Å². The average molecular weight is 474 g/mol. The number of nitrogens with one attached hydrogen (secondary N) is 2. The van der Waals surface area contributed by atoms with Crippen LogP contribution in [0.4, 0.5) is 0 Å². The highest BCUT2D eigenvalue weighted by atomic mass is 32.1. The van der Waals surface area contributed by atoms with Gasteiger partial charge in [-0.1, -0.05) is 50.2 Å². The Kier molecular flexibility index (Phi) is 7.23. The number of oxazole rings is 1. The molecule has 4 rings (SSSR count). The molecular weight excluding hydrogens is 446 g/mol. The molecule has 0 fully saturated rings. The highest BCUT2D eigenvalue weighted by Crippen LogP contribution is 2.27. The summed E-state index contributed by atoms with van der Waals surface area (Å²) in [4.78, 5) is 16.7. The minimum Gasteiger partial charge on any atom is -0.483 e. The molecule has 1 heterocycles. The molecule has 4 aromatic rings. The summed E-state index contributed by atoms with van der Waals surface area (Å²) in [6.07, 6.45) is 0. The van der Waals surface area contributed by atoms with Crippen molar-refractivity contribution < 1.29 is 13.9 Å². The van der Waals surface area contributed by atoms with Crippen LogP contribution in [0, 0.1) is 6.92 Å². The summed E-state index contributed by atoms with van der Waals surface area (Å²) in [5, 5.41) is 5.93. The van der Waals surface area contributed by atoms with E-state index in [2.05, 4.69) is 41.6 Å². The zero-order chi connectivity index (χ0) is 24.1. The molecule has 3 aromatic carbocycles. The molecule has 174 valence electrons. The predicted octanol–water partition coefficient (Wildman–Crippen LogP) is 5.50. The number of benzene rings is 3. The Bertz CT molecular complexity index is 1310. The Morgan fingerprint density at radius 2 is 1.85 bits per heavy atom. The van der Waals surface area contributed by atoms with Gasteiger partial charge in [0.25, 0.3) is 5.91 Å². The molecular formula is C27H27N3O3S. The van der Waals surface area contributed by atoms with Gasteiger partial charge in [-0.25, -0.2) is 4.98 Å². The molecule has 0 aliphatic carbocycles. The number of para-hydroxylation sites is 1. The maximum absolute atomic E-state index is 12.1. The van der Waals surface area contributed by atoms with Gasteiger partial charge in [0.1, 0.15) is 11.3 Å². The van der Waals surface area contributed by atoms with Gasteiger partial charge < -0.3 is 19.8 Å². The number of amides is 1. The van der Waals surface area contributed by atoms with Crippen molar-refractivity contribution in [2.24, 2.45) is 0 Å². The Morgan fingerprint density at radius 1 is 1.09 bits per heavy atom. The first kappa shape index (κ1) is 23.4. The second-order valence-electron chi connectivity index (χ2n) is 8.38. The molecule has 0 atom stereocenters. The third-order valence-corrected chi connectivity index (χ3v) is 5.68. The van der Waals surface area contributed by atoms with Crippen molar-refractivity contribution in [3.05, 3.63) is 83.4 Å². The molecule has 0 radical (unpaired) electrons. The van der Waals surface area contributed by atoms with Crippen molar-refractivity contribution in [3.8, 4) is 17.2 Å². The van der Waals surface area contributed by atoms with Gasteiger partial charge in [0, 0.05) is 12.1 Å². The highest BCUT2D eigenvalue weighted by Gasteiger charge is 2.11. The summed E-state index contributed by atoms with van der Waals surface area (Å²) >= 11 is 5.23. The Hall–Kier alpha value is -3.71. The minimum absolute atomic E-state index is 0.107. The fraction of sp³-hybridized carbons (Fsp3) is 0.222. The predicted molar refractivity (Wildman–Crippen MR) is 138 cm³/mol. The van der Waals surface area contributed by atoms with Gasteiger partial charge in [0.05, 0.1) is 0 Å². The first-order valence-electron chi connectivity index (χ1n) is 11.1. The lowest BCUT2D eigenvalue weighted by molar-refractivity contribution is -0.121. The summed E-state index contributed by atoms with van der Waals surface area (Å²) in [6, 6.07) is 21.5. The first-order chi connectivity index (χ1) is 16.4. The second kappa shape index (κ2) is 10.5. The van der Waals surface area contributed by atoms with Gasteiger partial charge in [0.15, 0.2) is 17.3 Å². The molecule has 0 bridgehead atoms. The zero-order valence-corrected chi connectivity index (χ0v) is 20.2. The number of thiocarbonyl (C=S) groups is 1. The number of carbonyl (C=O) groups excluding carboxylic acids is 1. The van der Waals surface area contributed by atoms with E-state index in [-0.39, 0.29) is 17.6 Å². The van der Waals surface area contributed by atoms with Crippen LogP contribution >= 0.6 is 12.2 Å². The van der Waals surface area contributed by atoms with Crippen LogP contribution in [-0.2, 0) is 11.3 Å². The fourth-order valence-corrected chi connectivity index (χ4v) is 3.63. The number of nitrogens with zero attached hydrogens (tertiary/aromatic N) is 1. The maximum Gasteiger partial charge on any atom is 0.264 e. The van der Waals surface area contributed by atoms with Crippen LogP contribution < -0.4 is 15.4 Å². The number of rotatable bonds is 7. The molecule has 0 spiro atoms. The largest absolute Gasteiger partial charge is 0.483 e. The van der Waals surface area contributed by atoms with E-state index in [4.69, 9.17) is 21.4 Å². The van der Waals surface area contributed by atoms with Crippen LogP contribution in [-0.4, -0.2) is 22.6 Å². The standard InChI is InChI=1S/C27H27N3O3S/c1-17(2)21-12-13-24-22(14-21)29-26(33-24)20-10-8-19(9-11-20)15-28-27(34)30-25(31)16-32-23-7-5-4-6-18(23)3/h4-14,17H,15-16H2,1-3H3,(H2,28,30,31,34). The van der Waals surface area contributed by atoms with E-state index >= 15 is 0 Å². The number of fused-ring (bicyclic) bond motifs is 1. The molecule has 2 N–H and O–H groups in total. The van der Waals surface area contributed by atoms with Crippen LogP contribution in [0.2, 0.25) is 0 Å². The lowest BCUT2D eigenvalue weighted by atomic mass is 10.0. The minimum atomic E-state index is -0.312. The molecule has 1 aromatic heterocycles. The number of aromatic nitrogens is 1. The third kappa shape index (κ3) is 5.80. The summed E-state index contributed by atoms with van der Waals surface area (Å²) in [6.45, 7) is 6.61. The summed E-state index contributed by atoms with van der Waals surface area (Å²) < 4.78 is 11.5. The van der Waals surface area contributed by atoms with Crippen LogP contribution in [0.25, 0.3) is 22.6 Å². The molecule has 1 amide bonds. The monoisotopic (exact) mass is 473 g/mol. The number of carbonyl (C=O) groups is 1. The maximum atomic E-state index is 12.1.